The number of para-hydroxylation sites is 1. The number of anilines is 1. The van der Waals surface area contributed by atoms with Gasteiger partial charge < -0.3 is 20.3 Å². The Kier molecular flexibility index (Phi) is 7.89. The first-order chi connectivity index (χ1) is 12.6. The average Bonchev–Trinajstić information content (AvgIpc) is 2.65. The molecule has 1 aromatic carbocycles. The second kappa shape index (κ2) is 10.4. The Morgan fingerprint density at radius 3 is 2.77 bits per heavy atom. The van der Waals surface area contributed by atoms with E-state index in [9.17, 15) is 4.79 Å². The van der Waals surface area contributed by atoms with Crippen LogP contribution in [0.25, 0.3) is 0 Å². The molecule has 6 nitrogen and oxygen atoms in total. The van der Waals surface area contributed by atoms with Crippen molar-refractivity contribution in [3.05, 3.63) is 53.7 Å². The molecule has 0 unspecified atom stereocenters. The van der Waals surface area contributed by atoms with Crippen LogP contribution in [0.4, 0.5) is 5.82 Å². The Labute approximate surface area is 155 Å². The van der Waals surface area contributed by atoms with Gasteiger partial charge in [0, 0.05) is 24.8 Å². The van der Waals surface area contributed by atoms with Crippen molar-refractivity contribution in [1.29, 1.82) is 0 Å². The highest BCUT2D eigenvalue weighted by atomic mass is 16.5. The average molecular weight is 356 g/mol. The number of benzene rings is 1. The van der Waals surface area contributed by atoms with Crippen molar-refractivity contribution in [2.45, 2.75) is 12.8 Å². The minimum atomic E-state index is -0.0985. The number of pyridine rings is 1. The lowest BCUT2D eigenvalue weighted by Crippen LogP contribution is -2.26. The lowest BCUT2D eigenvalue weighted by atomic mass is 10.1. The highest BCUT2D eigenvalue weighted by Crippen LogP contribution is 2.17. The van der Waals surface area contributed by atoms with Gasteiger partial charge in [0.05, 0.1) is 7.11 Å². The largest absolute Gasteiger partial charge is 0.496 e. The fraction of sp³-hybridized carbons (Fsp3) is 0.400. The highest BCUT2D eigenvalue weighted by molar-refractivity contribution is 5.94. The number of nitrogens with zero attached hydrogens (tertiary/aromatic N) is 2. The lowest BCUT2D eigenvalue weighted by Gasteiger charge is -2.11. The number of amides is 1. The van der Waals surface area contributed by atoms with E-state index in [-0.39, 0.29) is 5.91 Å². The van der Waals surface area contributed by atoms with E-state index in [0.29, 0.717) is 12.1 Å². The zero-order valence-electron chi connectivity index (χ0n) is 15.8. The van der Waals surface area contributed by atoms with Gasteiger partial charge in [-0.1, -0.05) is 18.2 Å². The molecule has 0 atom stereocenters. The molecule has 140 valence electrons. The first kappa shape index (κ1) is 19.7. The predicted octanol–water partition coefficient (Wildman–Crippen LogP) is 2.43. The first-order valence-corrected chi connectivity index (χ1v) is 8.85. The zero-order valence-corrected chi connectivity index (χ0v) is 15.8. The van der Waals surface area contributed by atoms with Gasteiger partial charge >= 0.3 is 0 Å². The van der Waals surface area contributed by atoms with Crippen LogP contribution in [0, 0.1) is 0 Å². The number of nitrogens with one attached hydrogen (secondary N) is 2. The van der Waals surface area contributed by atoms with Gasteiger partial charge in [0.15, 0.2) is 0 Å². The van der Waals surface area contributed by atoms with E-state index in [4.69, 9.17) is 4.74 Å². The van der Waals surface area contributed by atoms with Crippen LogP contribution in [-0.4, -0.2) is 56.6 Å². The fourth-order valence-corrected chi connectivity index (χ4v) is 2.60. The van der Waals surface area contributed by atoms with Gasteiger partial charge in [-0.2, -0.15) is 0 Å². The summed E-state index contributed by atoms with van der Waals surface area (Å²) in [5.41, 5.74) is 1.68. The summed E-state index contributed by atoms with van der Waals surface area (Å²) in [5, 5.41) is 6.21. The van der Waals surface area contributed by atoms with Crippen molar-refractivity contribution < 1.29 is 9.53 Å². The maximum Gasteiger partial charge on any atom is 0.251 e. The van der Waals surface area contributed by atoms with E-state index in [2.05, 4.69) is 20.5 Å². The number of rotatable bonds is 10. The summed E-state index contributed by atoms with van der Waals surface area (Å²) in [5.74, 6) is 1.47. The number of carbonyl (C=O) groups excluding carboxylic acids is 1. The van der Waals surface area contributed by atoms with Crippen molar-refractivity contribution in [3.63, 3.8) is 0 Å². The monoisotopic (exact) mass is 356 g/mol. The summed E-state index contributed by atoms with van der Waals surface area (Å²) in [4.78, 5) is 18.8. The molecule has 2 aromatic rings. The van der Waals surface area contributed by atoms with Crippen LogP contribution in [0.1, 0.15) is 22.3 Å². The third-order valence-corrected chi connectivity index (χ3v) is 3.98. The summed E-state index contributed by atoms with van der Waals surface area (Å²) in [6.45, 7) is 2.38. The molecule has 1 aromatic heterocycles. The molecule has 0 saturated carbocycles. The van der Waals surface area contributed by atoms with Gasteiger partial charge in [-0.25, -0.2) is 4.98 Å². The van der Waals surface area contributed by atoms with Crippen LogP contribution in [0.5, 0.6) is 5.75 Å². The fourth-order valence-electron chi connectivity index (χ4n) is 2.60. The Morgan fingerprint density at radius 2 is 2.00 bits per heavy atom. The molecular formula is C20H28N4O2. The SMILES string of the molecule is COc1ccccc1CCNC(=O)c1ccnc(NCCCN(C)C)c1. The number of hydrogen-bond acceptors (Lipinski definition) is 5. The van der Waals surface area contributed by atoms with Gasteiger partial charge in [-0.05, 0) is 57.2 Å². The quantitative estimate of drug-likeness (QED) is 0.640. The van der Waals surface area contributed by atoms with Crippen molar-refractivity contribution in [2.75, 3.05) is 46.2 Å². The van der Waals surface area contributed by atoms with E-state index < -0.39 is 0 Å². The summed E-state index contributed by atoms with van der Waals surface area (Å²) in [6, 6.07) is 11.3. The first-order valence-electron chi connectivity index (χ1n) is 8.85. The molecule has 2 rings (SSSR count). The van der Waals surface area contributed by atoms with E-state index in [0.717, 1.165) is 43.1 Å². The maximum absolute atomic E-state index is 12.4. The van der Waals surface area contributed by atoms with Crippen LogP contribution in [0.3, 0.4) is 0 Å². The number of carbonyl (C=O) groups is 1. The number of aromatic nitrogens is 1. The van der Waals surface area contributed by atoms with Crippen LogP contribution in [-0.2, 0) is 6.42 Å². The number of ether oxygens (including phenoxy) is 1. The summed E-state index contributed by atoms with van der Waals surface area (Å²) < 4.78 is 5.33. The van der Waals surface area contributed by atoms with Gasteiger partial charge in [0.25, 0.3) is 5.91 Å². The topological polar surface area (TPSA) is 66.5 Å². The number of methoxy groups -OCH3 is 1. The van der Waals surface area contributed by atoms with Crippen molar-refractivity contribution in [1.82, 2.24) is 15.2 Å². The van der Waals surface area contributed by atoms with Gasteiger partial charge in [0.2, 0.25) is 0 Å². The normalized spacial score (nSPS) is 10.6. The molecule has 0 spiro atoms. The van der Waals surface area contributed by atoms with Gasteiger partial charge in [0.1, 0.15) is 11.6 Å². The summed E-state index contributed by atoms with van der Waals surface area (Å²) in [6.07, 6.45) is 3.39. The van der Waals surface area contributed by atoms with Crippen LogP contribution >= 0.6 is 0 Å². The van der Waals surface area contributed by atoms with E-state index in [1.54, 1.807) is 25.4 Å². The van der Waals surface area contributed by atoms with E-state index in [1.807, 2.05) is 38.4 Å². The minimum absolute atomic E-state index is 0.0985. The van der Waals surface area contributed by atoms with Crippen LogP contribution in [0.15, 0.2) is 42.6 Å². The van der Waals surface area contributed by atoms with Gasteiger partial charge in [-0.15, -0.1) is 0 Å². The molecule has 0 fully saturated rings. The molecule has 6 heteroatoms. The maximum atomic E-state index is 12.4. The summed E-state index contributed by atoms with van der Waals surface area (Å²) in [7, 11) is 5.75. The van der Waals surface area contributed by atoms with Gasteiger partial charge in [-0.3, -0.25) is 4.79 Å². The molecule has 0 bridgehead atoms. The molecule has 0 aliphatic carbocycles. The smallest absolute Gasteiger partial charge is 0.251 e. The third kappa shape index (κ3) is 6.37. The van der Waals surface area contributed by atoms with Crippen LogP contribution < -0.4 is 15.4 Å². The molecule has 0 saturated heterocycles. The Morgan fingerprint density at radius 1 is 1.19 bits per heavy atom. The molecule has 2 N–H and O–H groups in total. The van der Waals surface area contributed by atoms with Crippen molar-refractivity contribution in [2.24, 2.45) is 0 Å². The van der Waals surface area contributed by atoms with Crippen molar-refractivity contribution in [3.8, 4) is 5.75 Å². The Balaban J connectivity index is 1.82. The molecule has 0 radical (unpaired) electrons. The van der Waals surface area contributed by atoms with E-state index in [1.165, 1.54) is 0 Å². The molecular weight excluding hydrogens is 328 g/mol. The molecule has 26 heavy (non-hydrogen) atoms. The van der Waals surface area contributed by atoms with E-state index >= 15 is 0 Å². The molecule has 1 heterocycles. The predicted molar refractivity (Wildman–Crippen MR) is 105 cm³/mol. The summed E-state index contributed by atoms with van der Waals surface area (Å²) >= 11 is 0. The van der Waals surface area contributed by atoms with Crippen LogP contribution in [0.2, 0.25) is 0 Å². The minimum Gasteiger partial charge on any atom is -0.496 e. The zero-order chi connectivity index (χ0) is 18.8. The van der Waals surface area contributed by atoms with Crippen molar-refractivity contribution >= 4 is 11.7 Å². The molecule has 1 amide bonds. The lowest BCUT2D eigenvalue weighted by molar-refractivity contribution is 0.0954. The molecule has 0 aliphatic heterocycles. The third-order valence-electron chi connectivity index (χ3n) is 3.98. The number of hydrogen-bond donors (Lipinski definition) is 2. The standard InChI is InChI=1S/C20H28N4O2/c1-24(2)14-6-11-21-19-15-17(10-12-22-19)20(25)23-13-9-16-7-4-5-8-18(16)26-3/h4-5,7-8,10,12,15H,6,9,11,13-14H2,1-3H3,(H,21,22)(H,23,25). The Bertz CT molecular complexity index is 704. The highest BCUT2D eigenvalue weighted by Gasteiger charge is 2.08. The second-order valence-electron chi connectivity index (χ2n) is 6.33. The molecule has 0 aliphatic rings. The Hall–Kier alpha value is -2.60. The second-order valence-corrected chi connectivity index (χ2v) is 6.33.